The number of thiophene rings is 1. The van der Waals surface area contributed by atoms with Crippen molar-refractivity contribution in [2.24, 2.45) is 5.73 Å². The molecule has 0 aromatic carbocycles. The van der Waals surface area contributed by atoms with Crippen LogP contribution < -0.4 is 5.73 Å². The topological polar surface area (TPSA) is 43.1 Å². The highest BCUT2D eigenvalue weighted by Gasteiger charge is 2.14. The maximum absolute atomic E-state index is 11.2. The Morgan fingerprint density at radius 2 is 2.45 bits per heavy atom. The Morgan fingerprint density at radius 1 is 1.82 bits per heavy atom. The van der Waals surface area contributed by atoms with Crippen LogP contribution in [0.4, 0.5) is 0 Å². The zero-order valence-corrected chi connectivity index (χ0v) is 7.58. The molecule has 0 radical (unpaired) electrons. The first-order chi connectivity index (χ1) is 5.13. The Balaban J connectivity index is 2.93. The number of Topliss-reactive ketones (excluding diaryl/α,β-unsaturated/α-hetero) is 1. The quantitative estimate of drug-likeness (QED) is 0.723. The molecule has 0 unspecified atom stereocenters. The third-order valence-electron chi connectivity index (χ3n) is 1.30. The van der Waals surface area contributed by atoms with E-state index in [1.165, 1.54) is 11.3 Å². The lowest BCUT2D eigenvalue weighted by molar-refractivity contribution is 0.0968. The van der Waals surface area contributed by atoms with Crippen molar-refractivity contribution in [3.05, 3.63) is 21.3 Å². The Kier molecular flexibility index (Phi) is 2.65. The normalized spacial score (nSPS) is 13.0. The second kappa shape index (κ2) is 3.34. The highest BCUT2D eigenvalue weighted by Crippen LogP contribution is 2.23. The molecule has 0 saturated carbocycles. The van der Waals surface area contributed by atoms with Gasteiger partial charge in [0.25, 0.3) is 0 Å². The van der Waals surface area contributed by atoms with Crippen LogP contribution >= 0.6 is 22.9 Å². The highest BCUT2D eigenvalue weighted by molar-refractivity contribution is 7.14. The van der Waals surface area contributed by atoms with E-state index in [-0.39, 0.29) is 5.78 Å². The van der Waals surface area contributed by atoms with Gasteiger partial charge in [-0.3, -0.25) is 4.79 Å². The second-order valence-corrected chi connectivity index (χ2v) is 3.78. The lowest BCUT2D eigenvalue weighted by Crippen LogP contribution is -2.26. The van der Waals surface area contributed by atoms with E-state index in [0.717, 1.165) is 0 Å². The maximum Gasteiger partial charge on any atom is 0.181 e. The lowest BCUT2D eigenvalue weighted by atomic mass is 10.1. The number of hydrogen-bond donors (Lipinski definition) is 1. The van der Waals surface area contributed by atoms with E-state index in [0.29, 0.717) is 9.90 Å². The fraction of sp³-hybridized carbons (Fsp3) is 0.286. The van der Waals surface area contributed by atoms with Crippen LogP contribution in [0.3, 0.4) is 0 Å². The van der Waals surface area contributed by atoms with E-state index in [1.54, 1.807) is 18.4 Å². The van der Waals surface area contributed by atoms with Crippen molar-refractivity contribution < 1.29 is 4.79 Å². The first kappa shape index (κ1) is 8.71. The number of carbonyl (C=O) groups is 1. The first-order valence-electron chi connectivity index (χ1n) is 3.15. The summed E-state index contributed by atoms with van der Waals surface area (Å²) in [4.78, 5) is 11.2. The summed E-state index contributed by atoms with van der Waals surface area (Å²) in [6.07, 6.45) is 0. The molecule has 0 bridgehead atoms. The fourth-order valence-electron chi connectivity index (χ4n) is 0.715. The van der Waals surface area contributed by atoms with E-state index >= 15 is 0 Å². The van der Waals surface area contributed by atoms with Crippen LogP contribution in [0.25, 0.3) is 0 Å². The SMILES string of the molecule is C[C@H](N)C(=O)c1ccsc1Cl. The van der Waals surface area contributed by atoms with Gasteiger partial charge in [-0.1, -0.05) is 11.6 Å². The van der Waals surface area contributed by atoms with Gasteiger partial charge in [-0.05, 0) is 18.4 Å². The average Bonchev–Trinajstić information content (AvgIpc) is 2.33. The molecule has 0 saturated heterocycles. The minimum atomic E-state index is -0.470. The summed E-state index contributed by atoms with van der Waals surface area (Å²) in [5, 5.41) is 1.78. The van der Waals surface area contributed by atoms with Crippen molar-refractivity contribution in [2.75, 3.05) is 0 Å². The molecular formula is C7H8ClNOS. The lowest BCUT2D eigenvalue weighted by Gasteiger charge is -2.00. The van der Waals surface area contributed by atoms with Crippen LogP contribution in [-0.4, -0.2) is 11.8 Å². The molecule has 1 heterocycles. The van der Waals surface area contributed by atoms with Crippen molar-refractivity contribution >= 4 is 28.7 Å². The number of hydrogen-bond acceptors (Lipinski definition) is 3. The largest absolute Gasteiger partial charge is 0.321 e. The minimum Gasteiger partial charge on any atom is -0.321 e. The third kappa shape index (κ3) is 1.80. The zero-order chi connectivity index (χ0) is 8.43. The Hall–Kier alpha value is -0.380. The van der Waals surface area contributed by atoms with Crippen LogP contribution in [0.15, 0.2) is 11.4 Å². The van der Waals surface area contributed by atoms with E-state index in [9.17, 15) is 4.79 Å². The van der Waals surface area contributed by atoms with Crippen molar-refractivity contribution in [3.8, 4) is 0 Å². The maximum atomic E-state index is 11.2. The number of carbonyl (C=O) groups excluding carboxylic acids is 1. The molecular weight excluding hydrogens is 182 g/mol. The smallest absolute Gasteiger partial charge is 0.181 e. The van der Waals surface area contributed by atoms with Crippen molar-refractivity contribution in [2.45, 2.75) is 13.0 Å². The van der Waals surface area contributed by atoms with Crippen LogP contribution in [0.1, 0.15) is 17.3 Å². The second-order valence-electron chi connectivity index (χ2n) is 2.26. The van der Waals surface area contributed by atoms with Gasteiger partial charge in [0.05, 0.1) is 6.04 Å². The van der Waals surface area contributed by atoms with Gasteiger partial charge in [-0.2, -0.15) is 0 Å². The molecule has 1 aromatic heterocycles. The molecule has 0 aliphatic heterocycles. The molecule has 60 valence electrons. The molecule has 1 aromatic rings. The summed E-state index contributed by atoms with van der Waals surface area (Å²) < 4.78 is 0.521. The van der Waals surface area contributed by atoms with Crippen molar-refractivity contribution in [1.82, 2.24) is 0 Å². The molecule has 11 heavy (non-hydrogen) atoms. The average molecular weight is 190 g/mol. The molecule has 0 spiro atoms. The van der Waals surface area contributed by atoms with E-state index in [4.69, 9.17) is 17.3 Å². The summed E-state index contributed by atoms with van der Waals surface area (Å²) in [6, 6.07) is 1.22. The molecule has 0 amide bonds. The van der Waals surface area contributed by atoms with Gasteiger partial charge in [0.1, 0.15) is 4.34 Å². The molecule has 4 heteroatoms. The number of halogens is 1. The molecule has 0 fully saturated rings. The number of rotatable bonds is 2. The van der Waals surface area contributed by atoms with Crippen molar-refractivity contribution in [3.63, 3.8) is 0 Å². The summed E-state index contributed by atoms with van der Waals surface area (Å²) >= 11 is 7.06. The van der Waals surface area contributed by atoms with Gasteiger partial charge in [-0.15, -0.1) is 11.3 Å². The predicted octanol–water partition coefficient (Wildman–Crippen LogP) is 1.93. The monoisotopic (exact) mass is 189 g/mol. The summed E-state index contributed by atoms with van der Waals surface area (Å²) in [5.74, 6) is -0.101. The van der Waals surface area contributed by atoms with Gasteiger partial charge < -0.3 is 5.73 Å². The minimum absolute atomic E-state index is 0.101. The van der Waals surface area contributed by atoms with Crippen LogP contribution in [0, 0.1) is 0 Å². The predicted molar refractivity (Wildman–Crippen MR) is 47.3 cm³/mol. The molecule has 0 aliphatic carbocycles. The molecule has 1 rings (SSSR count). The highest BCUT2D eigenvalue weighted by atomic mass is 35.5. The number of nitrogens with two attached hydrogens (primary N) is 1. The van der Waals surface area contributed by atoms with Crippen molar-refractivity contribution in [1.29, 1.82) is 0 Å². The van der Waals surface area contributed by atoms with Gasteiger partial charge in [0.2, 0.25) is 0 Å². The molecule has 2 N–H and O–H groups in total. The fourth-order valence-corrected chi connectivity index (χ4v) is 1.64. The number of ketones is 1. The van der Waals surface area contributed by atoms with Gasteiger partial charge in [0.15, 0.2) is 5.78 Å². The summed E-state index contributed by atoms with van der Waals surface area (Å²) in [5.41, 5.74) is 5.93. The first-order valence-corrected chi connectivity index (χ1v) is 4.41. The van der Waals surface area contributed by atoms with Crippen LogP contribution in [0.2, 0.25) is 4.34 Å². The summed E-state index contributed by atoms with van der Waals surface area (Å²) in [7, 11) is 0. The van der Waals surface area contributed by atoms with Gasteiger partial charge in [-0.25, -0.2) is 0 Å². The molecule has 2 nitrogen and oxygen atoms in total. The van der Waals surface area contributed by atoms with E-state index in [2.05, 4.69) is 0 Å². The molecule has 1 atom stereocenters. The van der Waals surface area contributed by atoms with E-state index in [1.807, 2.05) is 0 Å². The Labute approximate surface area is 74.0 Å². The summed E-state index contributed by atoms with van der Waals surface area (Å²) in [6.45, 7) is 1.65. The zero-order valence-electron chi connectivity index (χ0n) is 6.00. The Morgan fingerprint density at radius 3 is 2.82 bits per heavy atom. The third-order valence-corrected chi connectivity index (χ3v) is 2.47. The standard InChI is InChI=1S/C7H8ClNOS/c1-4(9)6(10)5-2-3-11-7(5)8/h2-4H,9H2,1H3/t4-/m0/s1. The van der Waals surface area contributed by atoms with Gasteiger partial charge in [0, 0.05) is 5.56 Å². The van der Waals surface area contributed by atoms with E-state index < -0.39 is 6.04 Å². The van der Waals surface area contributed by atoms with Crippen LogP contribution in [0.5, 0.6) is 0 Å². The molecule has 0 aliphatic rings. The Bertz CT molecular complexity index is 269. The van der Waals surface area contributed by atoms with Crippen LogP contribution in [-0.2, 0) is 0 Å². The van der Waals surface area contributed by atoms with Gasteiger partial charge >= 0.3 is 0 Å².